The lowest BCUT2D eigenvalue weighted by molar-refractivity contribution is -0.129. The summed E-state index contributed by atoms with van der Waals surface area (Å²) in [6, 6.07) is 20.2. The number of fused-ring (bicyclic) bond motifs is 2. The van der Waals surface area contributed by atoms with Crippen molar-refractivity contribution in [2.24, 2.45) is 0 Å². The molecule has 1 spiro atoms. The van der Waals surface area contributed by atoms with E-state index in [1.807, 2.05) is 36.4 Å². The van der Waals surface area contributed by atoms with Crippen LogP contribution in [-0.4, -0.2) is 43.7 Å². The van der Waals surface area contributed by atoms with E-state index >= 15 is 0 Å². The van der Waals surface area contributed by atoms with Crippen molar-refractivity contribution < 1.29 is 22.3 Å². The second-order valence-electron chi connectivity index (χ2n) is 8.76. The molecule has 1 saturated heterocycles. The summed E-state index contributed by atoms with van der Waals surface area (Å²) in [6.45, 7) is 0.828. The number of amides is 1. The number of ether oxygens (including phenoxy) is 1. The highest BCUT2D eigenvalue weighted by Crippen LogP contribution is 2.50. The number of methoxy groups -OCH3 is 1. The second kappa shape index (κ2) is 8.52. The third-order valence-electron chi connectivity index (χ3n) is 6.76. The van der Waals surface area contributed by atoms with Crippen LogP contribution in [-0.2, 0) is 33.3 Å². The summed E-state index contributed by atoms with van der Waals surface area (Å²) in [7, 11) is -2.20. The van der Waals surface area contributed by atoms with E-state index in [4.69, 9.17) is 4.74 Å². The number of carbonyl (C=O) groups is 1. The van der Waals surface area contributed by atoms with Crippen LogP contribution in [0.15, 0.2) is 77.7 Å². The topological polar surface area (TPSA) is 66.9 Å². The molecule has 6 nitrogen and oxygen atoms in total. The largest absolute Gasteiger partial charge is 0.497 e. The van der Waals surface area contributed by atoms with Gasteiger partial charge in [0.1, 0.15) is 11.6 Å². The summed E-state index contributed by atoms with van der Waals surface area (Å²) in [5.74, 6) is 0.249. The molecule has 0 saturated carbocycles. The van der Waals surface area contributed by atoms with Crippen LogP contribution in [0.5, 0.6) is 5.75 Å². The van der Waals surface area contributed by atoms with E-state index in [0.717, 1.165) is 5.56 Å². The normalized spacial score (nSPS) is 21.1. The maximum Gasteiger partial charge on any atom is 0.244 e. The Kier molecular flexibility index (Phi) is 5.65. The van der Waals surface area contributed by atoms with Gasteiger partial charge in [-0.25, -0.2) is 12.8 Å². The number of rotatable bonds is 5. The number of carbonyl (C=O) groups excluding carboxylic acids is 1. The Balaban J connectivity index is 1.46. The fourth-order valence-corrected chi connectivity index (χ4v) is 7.10. The van der Waals surface area contributed by atoms with Crippen LogP contribution in [0.3, 0.4) is 0 Å². The molecule has 0 unspecified atom stereocenters. The van der Waals surface area contributed by atoms with Gasteiger partial charge in [0.05, 0.1) is 24.0 Å². The van der Waals surface area contributed by atoms with Crippen LogP contribution in [0.2, 0.25) is 0 Å². The molecule has 176 valence electrons. The number of benzene rings is 3. The molecule has 3 aromatic carbocycles. The minimum Gasteiger partial charge on any atom is -0.497 e. The van der Waals surface area contributed by atoms with Crippen LogP contribution in [0.1, 0.15) is 23.1 Å². The zero-order valence-corrected chi connectivity index (χ0v) is 19.6. The Bertz CT molecular complexity index is 1340. The quantitative estimate of drug-likeness (QED) is 0.559. The summed E-state index contributed by atoms with van der Waals surface area (Å²) in [4.78, 5) is 15.2. The molecule has 1 atom stereocenters. The fourth-order valence-electron chi connectivity index (χ4n) is 5.05. The molecular weight excluding hydrogens is 455 g/mol. The van der Waals surface area contributed by atoms with Gasteiger partial charge in [0, 0.05) is 19.6 Å². The summed E-state index contributed by atoms with van der Waals surface area (Å²) in [5.41, 5.74) is 1.40. The van der Waals surface area contributed by atoms with Crippen molar-refractivity contribution in [1.29, 1.82) is 0 Å². The van der Waals surface area contributed by atoms with Gasteiger partial charge in [0.2, 0.25) is 15.9 Å². The molecule has 3 aromatic rings. The molecular formula is C26H25FN2O4S. The van der Waals surface area contributed by atoms with Gasteiger partial charge < -0.3 is 9.64 Å². The maximum atomic E-state index is 13.6. The molecule has 2 aliphatic heterocycles. The monoisotopic (exact) mass is 480 g/mol. The van der Waals surface area contributed by atoms with Gasteiger partial charge in [-0.1, -0.05) is 42.5 Å². The Morgan fingerprint density at radius 1 is 1.03 bits per heavy atom. The molecule has 0 N–H and O–H groups in total. The van der Waals surface area contributed by atoms with Crippen LogP contribution >= 0.6 is 0 Å². The molecule has 2 aliphatic rings. The Labute approximate surface area is 198 Å². The first-order chi connectivity index (χ1) is 16.3. The Morgan fingerprint density at radius 2 is 1.79 bits per heavy atom. The number of halogens is 1. The van der Waals surface area contributed by atoms with Crippen LogP contribution < -0.4 is 4.74 Å². The number of likely N-dealkylation sites (tertiary alicyclic amines) is 1. The lowest BCUT2D eigenvalue weighted by atomic mass is 9.88. The fraction of sp³-hybridized carbons (Fsp3) is 0.269. The smallest absolute Gasteiger partial charge is 0.244 e. The summed E-state index contributed by atoms with van der Waals surface area (Å²) >= 11 is 0. The third kappa shape index (κ3) is 3.76. The van der Waals surface area contributed by atoms with E-state index in [1.165, 1.54) is 16.4 Å². The zero-order chi connectivity index (χ0) is 23.9. The molecule has 0 aromatic heterocycles. The number of nitrogens with zero attached hydrogens (tertiary/aromatic N) is 2. The zero-order valence-electron chi connectivity index (χ0n) is 18.8. The standard InChI is InChI=1S/C26H25FN2O4S/c1-33-22-6-4-5-20(15-22)16-25(30)28-14-13-26(18-28)23-7-2-3-8-24(23)34(31,32)29(26)17-19-9-11-21(27)12-10-19/h2-12,15H,13-14,16-18H2,1H3/t26-/m0/s1. The van der Waals surface area contributed by atoms with Gasteiger partial charge in [0.15, 0.2) is 0 Å². The minimum absolute atomic E-state index is 0.0614. The summed E-state index contributed by atoms with van der Waals surface area (Å²) in [5, 5.41) is 0. The first-order valence-corrected chi connectivity index (χ1v) is 12.5. The first kappa shape index (κ1) is 22.6. The average molecular weight is 481 g/mol. The van der Waals surface area contributed by atoms with E-state index in [9.17, 15) is 17.6 Å². The lowest BCUT2D eigenvalue weighted by Gasteiger charge is -2.34. The van der Waals surface area contributed by atoms with Crippen LogP contribution in [0.25, 0.3) is 0 Å². The molecule has 0 bridgehead atoms. The van der Waals surface area contributed by atoms with E-state index < -0.39 is 15.6 Å². The van der Waals surface area contributed by atoms with Gasteiger partial charge in [-0.2, -0.15) is 4.31 Å². The molecule has 8 heteroatoms. The van der Waals surface area contributed by atoms with Gasteiger partial charge >= 0.3 is 0 Å². The SMILES string of the molecule is COc1cccc(CC(=O)N2CC[C@]3(C2)c2ccccc2S(=O)(=O)N3Cc2ccc(F)cc2)c1. The van der Waals surface area contributed by atoms with E-state index in [0.29, 0.717) is 29.8 Å². The van der Waals surface area contributed by atoms with Crippen LogP contribution in [0, 0.1) is 5.82 Å². The van der Waals surface area contributed by atoms with Gasteiger partial charge in [-0.3, -0.25) is 4.79 Å². The molecule has 1 amide bonds. The third-order valence-corrected chi connectivity index (χ3v) is 8.73. The molecule has 0 radical (unpaired) electrons. The van der Waals surface area contributed by atoms with Crippen molar-refractivity contribution in [3.05, 3.63) is 95.3 Å². The van der Waals surface area contributed by atoms with Crippen molar-refractivity contribution in [3.8, 4) is 5.75 Å². The van der Waals surface area contributed by atoms with Crippen molar-refractivity contribution in [1.82, 2.24) is 9.21 Å². The van der Waals surface area contributed by atoms with E-state index in [-0.39, 0.29) is 36.1 Å². The number of sulfonamides is 1. The molecule has 1 fully saturated rings. The minimum atomic E-state index is -3.78. The molecule has 0 aliphatic carbocycles. The van der Waals surface area contributed by atoms with Gasteiger partial charge in [0.25, 0.3) is 0 Å². The van der Waals surface area contributed by atoms with Crippen molar-refractivity contribution in [3.63, 3.8) is 0 Å². The van der Waals surface area contributed by atoms with Gasteiger partial charge in [-0.15, -0.1) is 0 Å². The summed E-state index contributed by atoms with van der Waals surface area (Å²) < 4.78 is 47.4. The maximum absolute atomic E-state index is 13.6. The second-order valence-corrected chi connectivity index (χ2v) is 10.6. The highest BCUT2D eigenvalue weighted by Gasteiger charge is 2.57. The van der Waals surface area contributed by atoms with Gasteiger partial charge in [-0.05, 0) is 53.4 Å². The van der Waals surface area contributed by atoms with Crippen LogP contribution in [0.4, 0.5) is 4.39 Å². The number of hydrogen-bond donors (Lipinski definition) is 0. The first-order valence-electron chi connectivity index (χ1n) is 11.1. The van der Waals surface area contributed by atoms with E-state index in [2.05, 4.69) is 0 Å². The summed E-state index contributed by atoms with van der Waals surface area (Å²) in [6.07, 6.45) is 0.702. The average Bonchev–Trinajstić information content (AvgIpc) is 3.36. The van der Waals surface area contributed by atoms with E-state index in [1.54, 1.807) is 36.3 Å². The van der Waals surface area contributed by atoms with Crippen molar-refractivity contribution in [2.75, 3.05) is 20.2 Å². The highest BCUT2D eigenvalue weighted by atomic mass is 32.2. The predicted molar refractivity (Wildman–Crippen MR) is 125 cm³/mol. The lowest BCUT2D eigenvalue weighted by Crippen LogP contribution is -2.46. The van der Waals surface area contributed by atoms with Crippen molar-refractivity contribution >= 4 is 15.9 Å². The number of hydrogen-bond acceptors (Lipinski definition) is 4. The molecule has 2 heterocycles. The predicted octanol–water partition coefficient (Wildman–Crippen LogP) is 3.71. The molecule has 34 heavy (non-hydrogen) atoms. The Hall–Kier alpha value is -3.23. The molecule has 5 rings (SSSR count). The van der Waals surface area contributed by atoms with Crippen molar-refractivity contribution in [2.45, 2.75) is 29.8 Å². The Morgan fingerprint density at radius 3 is 2.56 bits per heavy atom. The highest BCUT2D eigenvalue weighted by molar-refractivity contribution is 7.89.